The van der Waals surface area contributed by atoms with Crippen molar-refractivity contribution in [1.82, 2.24) is 9.55 Å². The number of aliphatic hydroxyl groups excluding tert-OH is 1. The maximum absolute atomic E-state index is 10.4. The Bertz CT molecular complexity index is 522. The summed E-state index contributed by atoms with van der Waals surface area (Å²) in [5.74, 6) is 0.722. The molecule has 0 spiro atoms. The van der Waals surface area contributed by atoms with Crippen molar-refractivity contribution in [3.05, 3.63) is 40.1 Å². The van der Waals surface area contributed by atoms with Gasteiger partial charge >= 0.3 is 0 Å². The Morgan fingerprint density at radius 1 is 1.39 bits per heavy atom. The molecule has 0 fully saturated rings. The molecule has 1 N–H and O–H groups in total. The standard InChI is InChI=1S/C14H20N2OS/c1-5-16-9-8-15-13(16)12(17)10-6-7-11(18-10)14(2,3)4/h6-9,12,17H,5H2,1-4H3. The number of imidazole rings is 1. The number of nitrogens with zero attached hydrogens (tertiary/aromatic N) is 2. The molecule has 0 aromatic carbocycles. The fourth-order valence-electron chi connectivity index (χ4n) is 1.87. The van der Waals surface area contributed by atoms with Crippen LogP contribution >= 0.6 is 11.3 Å². The zero-order valence-corrected chi connectivity index (χ0v) is 12.2. The summed E-state index contributed by atoms with van der Waals surface area (Å²) in [6.07, 6.45) is 3.01. The summed E-state index contributed by atoms with van der Waals surface area (Å²) in [7, 11) is 0. The van der Waals surface area contributed by atoms with E-state index in [-0.39, 0.29) is 5.41 Å². The normalized spacial score (nSPS) is 13.8. The van der Waals surface area contributed by atoms with Crippen LogP contribution in [0.1, 0.15) is 49.4 Å². The van der Waals surface area contributed by atoms with Crippen molar-refractivity contribution in [3.8, 4) is 0 Å². The first-order valence-corrected chi connectivity index (χ1v) is 7.04. The van der Waals surface area contributed by atoms with E-state index in [0.717, 1.165) is 17.2 Å². The minimum absolute atomic E-state index is 0.128. The number of hydrogen-bond acceptors (Lipinski definition) is 3. The lowest BCUT2D eigenvalue weighted by Gasteiger charge is -2.15. The average molecular weight is 264 g/mol. The number of hydrogen-bond donors (Lipinski definition) is 1. The number of aromatic nitrogens is 2. The molecular weight excluding hydrogens is 244 g/mol. The molecule has 0 radical (unpaired) electrons. The maximum atomic E-state index is 10.4. The molecule has 0 saturated heterocycles. The number of rotatable bonds is 3. The second kappa shape index (κ2) is 4.86. The lowest BCUT2D eigenvalue weighted by Crippen LogP contribution is -2.08. The summed E-state index contributed by atoms with van der Waals surface area (Å²) >= 11 is 1.66. The number of aliphatic hydroxyl groups is 1. The van der Waals surface area contributed by atoms with Crippen LogP contribution in [-0.2, 0) is 12.0 Å². The van der Waals surface area contributed by atoms with Crippen molar-refractivity contribution in [2.75, 3.05) is 0 Å². The van der Waals surface area contributed by atoms with Crippen LogP contribution in [0, 0.1) is 0 Å². The third-order valence-electron chi connectivity index (χ3n) is 2.97. The third kappa shape index (κ3) is 2.49. The third-order valence-corrected chi connectivity index (χ3v) is 4.53. The van der Waals surface area contributed by atoms with Gasteiger partial charge in [0.2, 0.25) is 0 Å². The number of thiophene rings is 1. The van der Waals surface area contributed by atoms with Crippen LogP contribution in [0.3, 0.4) is 0 Å². The Hall–Kier alpha value is -1.13. The van der Waals surface area contributed by atoms with E-state index >= 15 is 0 Å². The highest BCUT2D eigenvalue weighted by Gasteiger charge is 2.21. The van der Waals surface area contributed by atoms with Crippen molar-refractivity contribution in [3.63, 3.8) is 0 Å². The van der Waals surface area contributed by atoms with Gasteiger partial charge in [-0.25, -0.2) is 4.98 Å². The molecule has 0 bridgehead atoms. The highest BCUT2D eigenvalue weighted by Crippen LogP contribution is 2.34. The second-order valence-corrected chi connectivity index (χ2v) is 6.54. The van der Waals surface area contributed by atoms with Gasteiger partial charge in [0.25, 0.3) is 0 Å². The van der Waals surface area contributed by atoms with Gasteiger partial charge in [-0.2, -0.15) is 0 Å². The summed E-state index contributed by atoms with van der Waals surface area (Å²) < 4.78 is 1.97. The topological polar surface area (TPSA) is 38.0 Å². The molecule has 1 atom stereocenters. The lowest BCUT2D eigenvalue weighted by atomic mass is 9.95. The molecule has 2 rings (SSSR count). The molecule has 2 aromatic heterocycles. The molecule has 0 aliphatic heterocycles. The van der Waals surface area contributed by atoms with Gasteiger partial charge in [-0.05, 0) is 24.5 Å². The predicted octanol–water partition coefficient (Wildman–Crippen LogP) is 3.34. The van der Waals surface area contributed by atoms with Crippen LogP contribution in [0.4, 0.5) is 0 Å². The lowest BCUT2D eigenvalue weighted by molar-refractivity contribution is 0.208. The molecule has 2 heterocycles. The predicted molar refractivity (Wildman–Crippen MR) is 75.0 cm³/mol. The molecule has 0 aliphatic carbocycles. The molecule has 2 aromatic rings. The number of aryl methyl sites for hydroxylation is 1. The zero-order chi connectivity index (χ0) is 13.3. The van der Waals surface area contributed by atoms with Crippen LogP contribution in [0.5, 0.6) is 0 Å². The Morgan fingerprint density at radius 2 is 2.11 bits per heavy atom. The molecule has 18 heavy (non-hydrogen) atoms. The van der Waals surface area contributed by atoms with E-state index in [1.54, 1.807) is 17.5 Å². The molecule has 3 nitrogen and oxygen atoms in total. The van der Waals surface area contributed by atoms with E-state index in [1.165, 1.54) is 4.88 Å². The Balaban J connectivity index is 2.29. The molecule has 4 heteroatoms. The van der Waals surface area contributed by atoms with Crippen molar-refractivity contribution in [2.24, 2.45) is 0 Å². The van der Waals surface area contributed by atoms with Gasteiger partial charge in [-0.1, -0.05) is 20.8 Å². The molecule has 0 aliphatic rings. The van der Waals surface area contributed by atoms with E-state index in [0.29, 0.717) is 0 Å². The maximum Gasteiger partial charge on any atom is 0.146 e. The Morgan fingerprint density at radius 3 is 2.67 bits per heavy atom. The van der Waals surface area contributed by atoms with Crippen LogP contribution in [-0.4, -0.2) is 14.7 Å². The van der Waals surface area contributed by atoms with Gasteiger partial charge in [-0.15, -0.1) is 11.3 Å². The quantitative estimate of drug-likeness (QED) is 0.923. The summed E-state index contributed by atoms with van der Waals surface area (Å²) in [6, 6.07) is 4.10. The molecule has 0 amide bonds. The molecule has 0 saturated carbocycles. The Kier molecular flexibility index (Phi) is 3.59. The van der Waals surface area contributed by atoms with E-state index in [2.05, 4.69) is 31.8 Å². The minimum Gasteiger partial charge on any atom is -0.380 e. The second-order valence-electron chi connectivity index (χ2n) is 5.43. The van der Waals surface area contributed by atoms with Crippen LogP contribution in [0.25, 0.3) is 0 Å². The fraction of sp³-hybridized carbons (Fsp3) is 0.500. The summed E-state index contributed by atoms with van der Waals surface area (Å²) in [6.45, 7) is 9.42. The first-order chi connectivity index (χ1) is 8.43. The zero-order valence-electron chi connectivity index (χ0n) is 11.3. The van der Waals surface area contributed by atoms with Crippen LogP contribution in [0.2, 0.25) is 0 Å². The average Bonchev–Trinajstić information content (AvgIpc) is 2.96. The fourth-order valence-corrected chi connectivity index (χ4v) is 2.92. The van der Waals surface area contributed by atoms with Gasteiger partial charge in [0.05, 0.1) is 0 Å². The van der Waals surface area contributed by atoms with E-state index in [1.807, 2.05) is 23.8 Å². The first-order valence-electron chi connectivity index (χ1n) is 6.22. The summed E-state index contributed by atoms with van der Waals surface area (Å²) in [4.78, 5) is 6.50. The SMILES string of the molecule is CCn1ccnc1C(O)c1ccc(C(C)(C)C)s1. The van der Waals surface area contributed by atoms with Gasteiger partial charge in [-0.3, -0.25) is 0 Å². The Labute approximate surface area is 112 Å². The largest absolute Gasteiger partial charge is 0.380 e. The van der Waals surface area contributed by atoms with E-state index in [4.69, 9.17) is 0 Å². The van der Waals surface area contributed by atoms with Crippen molar-refractivity contribution < 1.29 is 5.11 Å². The monoisotopic (exact) mass is 264 g/mol. The van der Waals surface area contributed by atoms with Gasteiger partial charge in [0.1, 0.15) is 11.9 Å². The summed E-state index contributed by atoms with van der Waals surface area (Å²) in [5, 5.41) is 10.4. The van der Waals surface area contributed by atoms with E-state index in [9.17, 15) is 5.11 Å². The molecule has 1 unspecified atom stereocenters. The van der Waals surface area contributed by atoms with Crippen LogP contribution < -0.4 is 0 Å². The van der Waals surface area contributed by atoms with Crippen molar-refractivity contribution >= 4 is 11.3 Å². The van der Waals surface area contributed by atoms with E-state index < -0.39 is 6.10 Å². The molecular formula is C14H20N2OS. The first kappa shape index (κ1) is 13.3. The smallest absolute Gasteiger partial charge is 0.146 e. The van der Waals surface area contributed by atoms with Crippen LogP contribution in [0.15, 0.2) is 24.5 Å². The highest BCUT2D eigenvalue weighted by molar-refractivity contribution is 7.12. The highest BCUT2D eigenvalue weighted by atomic mass is 32.1. The summed E-state index contributed by atoms with van der Waals surface area (Å²) in [5.41, 5.74) is 0.128. The minimum atomic E-state index is -0.624. The van der Waals surface area contributed by atoms with Gasteiger partial charge in [0, 0.05) is 28.7 Å². The molecule has 98 valence electrons. The van der Waals surface area contributed by atoms with Gasteiger partial charge in [0.15, 0.2) is 0 Å². The van der Waals surface area contributed by atoms with Crippen molar-refractivity contribution in [1.29, 1.82) is 0 Å². The van der Waals surface area contributed by atoms with Gasteiger partial charge < -0.3 is 9.67 Å². The van der Waals surface area contributed by atoms with Crippen molar-refractivity contribution in [2.45, 2.75) is 45.8 Å².